The van der Waals surface area contributed by atoms with Crippen LogP contribution in [-0.2, 0) is 70.8 Å². The van der Waals surface area contributed by atoms with E-state index in [2.05, 4.69) is 35.1 Å². The maximum Gasteiger partial charge on any atom is 0.472 e. The summed E-state index contributed by atoms with van der Waals surface area (Å²) in [5, 5.41) is 28.2. The number of phosphoric ester groups is 2. The first kappa shape index (κ1) is 58.6. The number of aliphatic hydroxyl groups is 2. The van der Waals surface area contributed by atoms with E-state index < -0.39 is 126 Å². The van der Waals surface area contributed by atoms with Crippen molar-refractivity contribution in [2.24, 2.45) is 0 Å². The normalized spacial score (nSPS) is 24.4. The summed E-state index contributed by atoms with van der Waals surface area (Å²) < 4.78 is 107. The third kappa shape index (κ3) is 15.7. The van der Waals surface area contributed by atoms with Gasteiger partial charge in [-0.15, -0.1) is 0 Å². The monoisotopic (exact) mass is 1160 g/mol. The second-order valence-corrected chi connectivity index (χ2v) is 21.1. The molecule has 3 saturated heterocycles. The number of carbonyl (C=O) groups is 3. The number of alkyl carbamates (subject to hydrolysis) is 1. The van der Waals surface area contributed by atoms with E-state index in [0.29, 0.717) is 21.4 Å². The average molecular weight is 1160 g/mol. The Morgan fingerprint density at radius 1 is 0.873 bits per heavy atom. The number of phosphoric acid groups is 2. The van der Waals surface area contributed by atoms with Crippen LogP contribution in [0.4, 0.5) is 35.3 Å². The van der Waals surface area contributed by atoms with Gasteiger partial charge in [-0.2, -0.15) is 4.98 Å². The summed E-state index contributed by atoms with van der Waals surface area (Å²) in [6, 6.07) is 11.1. The zero-order valence-electron chi connectivity index (χ0n) is 41.3. The van der Waals surface area contributed by atoms with Gasteiger partial charge in [0.15, 0.2) is 23.8 Å². The van der Waals surface area contributed by atoms with E-state index in [4.69, 9.17) is 39.5 Å². The van der Waals surface area contributed by atoms with Gasteiger partial charge < -0.3 is 75.4 Å². The molecular formula is C45H54F3N11O18P2. The molecule has 29 nitrogen and oxygen atoms in total. The van der Waals surface area contributed by atoms with Gasteiger partial charge in [0.05, 0.1) is 32.5 Å². The molecule has 1 unspecified atom stereocenters. The molecule has 2 aromatic carbocycles. The van der Waals surface area contributed by atoms with Crippen molar-refractivity contribution in [1.82, 2.24) is 39.3 Å². The molecule has 0 saturated carbocycles. The van der Waals surface area contributed by atoms with Crippen molar-refractivity contribution in [3.05, 3.63) is 101 Å². The number of hydrogen-bond donors (Lipinski definition) is 9. The Balaban J connectivity index is 0.973. The number of benzene rings is 2. The first-order chi connectivity index (χ1) is 37.4. The number of nitrogens with zero attached hydrogens (tertiary/aromatic N) is 7. The topological polar surface area (TPSA) is 409 Å². The van der Waals surface area contributed by atoms with Gasteiger partial charge in [0.25, 0.3) is 5.92 Å². The lowest BCUT2D eigenvalue weighted by Gasteiger charge is -2.32. The minimum absolute atomic E-state index is 0.0137. The Labute approximate surface area is 444 Å². The largest absolute Gasteiger partial charge is 0.472 e. The van der Waals surface area contributed by atoms with Crippen molar-refractivity contribution >= 4 is 62.1 Å². The van der Waals surface area contributed by atoms with Gasteiger partial charge in [0.2, 0.25) is 5.91 Å². The van der Waals surface area contributed by atoms with E-state index in [1.54, 1.807) is 17.0 Å². The Kier molecular flexibility index (Phi) is 18.5. The van der Waals surface area contributed by atoms with E-state index in [0.717, 1.165) is 18.6 Å². The highest BCUT2D eigenvalue weighted by Crippen LogP contribution is 2.50. The molecule has 0 radical (unpaired) electrons. The van der Waals surface area contributed by atoms with Crippen LogP contribution in [0.2, 0.25) is 0 Å². The molecule has 0 spiro atoms. The Bertz CT molecular complexity index is 3120. The number of ether oxygens (including phenoxy) is 4. The number of hydrogen-bond acceptors (Lipinski definition) is 22. The highest BCUT2D eigenvalue weighted by Gasteiger charge is 2.52. The molecule has 10 atom stereocenters. The van der Waals surface area contributed by atoms with Crippen molar-refractivity contribution in [2.75, 3.05) is 49.6 Å². The number of rotatable bonds is 22. The zero-order valence-corrected chi connectivity index (χ0v) is 43.0. The molecule has 11 N–H and O–H groups in total. The lowest BCUT2D eigenvalue weighted by atomic mass is 10.1. The number of likely N-dealkylation sites (tertiary alicyclic amines) is 1. The maximum atomic E-state index is 14.3. The number of carbonyl (C=O) groups excluding carboxylic acids is 3. The third-order valence-corrected chi connectivity index (χ3v) is 14.2. The van der Waals surface area contributed by atoms with Crippen LogP contribution in [0.3, 0.4) is 0 Å². The maximum absolute atomic E-state index is 14.3. The second kappa shape index (κ2) is 24.9. The lowest BCUT2D eigenvalue weighted by molar-refractivity contribution is -0.159. The summed E-state index contributed by atoms with van der Waals surface area (Å²) in [5.41, 5.74) is 12.3. The minimum atomic E-state index is -5.52. The van der Waals surface area contributed by atoms with E-state index in [-0.39, 0.29) is 74.3 Å². The quantitative estimate of drug-likeness (QED) is 0.0343. The predicted octanol–water partition coefficient (Wildman–Crippen LogP) is 0.894. The van der Waals surface area contributed by atoms with Gasteiger partial charge in [-0.1, -0.05) is 24.3 Å². The molecular weight excluding hydrogens is 1100 g/mol. The highest BCUT2D eigenvalue weighted by molar-refractivity contribution is 7.47. The number of aliphatic hydroxyl groups excluding tert-OH is 2. The number of nitrogen functional groups attached to an aromatic ring is 2. The number of nitrogens with one attached hydrogen (secondary N) is 2. The molecule has 8 rings (SSSR count). The predicted molar refractivity (Wildman–Crippen MR) is 263 cm³/mol. The number of piperidine rings is 1. The molecule has 428 valence electrons. The van der Waals surface area contributed by atoms with Crippen molar-refractivity contribution in [3.8, 4) is 0 Å². The molecule has 2 amide bonds. The molecule has 0 aliphatic carbocycles. The van der Waals surface area contributed by atoms with E-state index in [9.17, 15) is 66.4 Å². The summed E-state index contributed by atoms with van der Waals surface area (Å²) in [4.78, 5) is 100. The van der Waals surface area contributed by atoms with Crippen LogP contribution < -0.4 is 27.8 Å². The van der Waals surface area contributed by atoms with E-state index in [1.807, 2.05) is 0 Å². The first-order valence-corrected chi connectivity index (χ1v) is 27.1. The van der Waals surface area contributed by atoms with Gasteiger partial charge in [-0.25, -0.2) is 51.6 Å². The average Bonchev–Trinajstić information content (AvgIpc) is 4.10. The summed E-state index contributed by atoms with van der Waals surface area (Å²) in [6.45, 7) is -2.88. The molecule has 3 aliphatic heterocycles. The first-order valence-electron chi connectivity index (χ1n) is 24.1. The van der Waals surface area contributed by atoms with E-state index >= 15 is 0 Å². The van der Waals surface area contributed by atoms with Crippen LogP contribution >= 0.6 is 15.6 Å². The number of aromatic nitrogens is 6. The Morgan fingerprint density at radius 2 is 1.56 bits per heavy atom. The second-order valence-electron chi connectivity index (χ2n) is 18.5. The molecule has 34 heteroatoms. The molecule has 3 fully saturated rings. The van der Waals surface area contributed by atoms with Gasteiger partial charge in [-0.3, -0.25) is 22.9 Å². The summed E-state index contributed by atoms with van der Waals surface area (Å²) in [7, 11) is -10.8. The standard InChI is InChI=1S/C45H54F3N11O18P2/c46-26-5-1-24(2-6-26)17-33(60)54-27-7-3-25(4-8-27)19-71-44(65)55-28(9-13-57-15-11-45(47,48)12-16-57)42(63)76-37-30(74-29(35(37)61)18-58-23-53-34-39(50)51-22-52-40(34)58)21-73-79(69,70)77-38-31(20-72-78(66,67)68)75-41(36(38)62)59-14-10-32(49)56-43(59)64/h1-8,10,14,22-23,28-31,35-38,41,61-62H,9,11-13,15-21H2,(H,54,60)(H,55,65)(H,69,70)(H2,49,56,64)(H2,50,51,52)(H2,66,67,68)/t28-,29-,30+,31+,35-,36+,37+,38+,41+/m0/s1. The van der Waals surface area contributed by atoms with Gasteiger partial charge >= 0.3 is 33.4 Å². The summed E-state index contributed by atoms with van der Waals surface area (Å²) in [6.07, 6.45) is -13.1. The fourth-order valence-corrected chi connectivity index (χ4v) is 10.0. The third-order valence-electron chi connectivity index (χ3n) is 12.8. The number of fused-ring (bicyclic) bond motifs is 1. The smallest absolute Gasteiger partial charge is 0.455 e. The lowest BCUT2D eigenvalue weighted by Crippen LogP contribution is -2.49. The fourth-order valence-electron chi connectivity index (χ4n) is 8.72. The van der Waals surface area contributed by atoms with Crippen LogP contribution in [-0.4, -0.2) is 164 Å². The van der Waals surface area contributed by atoms with Crippen LogP contribution in [0.25, 0.3) is 11.2 Å². The van der Waals surface area contributed by atoms with Crippen LogP contribution in [0, 0.1) is 5.82 Å². The van der Waals surface area contributed by atoms with Gasteiger partial charge in [-0.05, 0) is 47.9 Å². The molecule has 5 aromatic rings. The summed E-state index contributed by atoms with van der Waals surface area (Å²) >= 11 is 0. The Hall–Kier alpha value is -6.51. The van der Waals surface area contributed by atoms with Crippen molar-refractivity contribution in [2.45, 2.75) is 99.8 Å². The summed E-state index contributed by atoms with van der Waals surface area (Å²) in [5.74, 6) is -5.16. The van der Waals surface area contributed by atoms with Crippen LogP contribution in [0.5, 0.6) is 0 Å². The van der Waals surface area contributed by atoms with Crippen molar-refractivity contribution < 1.29 is 94.1 Å². The number of anilines is 3. The number of imidazole rings is 1. The number of alkyl halides is 2. The molecule has 0 bridgehead atoms. The van der Waals surface area contributed by atoms with E-state index in [1.165, 1.54) is 47.3 Å². The fraction of sp³-hybridized carbons (Fsp3) is 0.467. The Morgan fingerprint density at radius 3 is 2.25 bits per heavy atom. The number of nitrogens with two attached hydrogens (primary N) is 2. The van der Waals surface area contributed by atoms with Crippen LogP contribution in [0.15, 0.2) is 78.2 Å². The van der Waals surface area contributed by atoms with Crippen molar-refractivity contribution in [1.29, 1.82) is 0 Å². The molecule has 3 aromatic heterocycles. The SMILES string of the molecule is Nc1ccn([C@@H]2O[C@H](COP(=O)(O)O)[C@@H](OP(=O)(O)OC[C@H]3O[C@@H](Cn4cnc5c(N)ncnc54)[C@H](O)[C@@H]3OC(=O)[C@H](CCN3CCC(F)(F)CC3)NC(=O)OCc3ccc(NC(=O)Cc4ccc(F)cc4)cc3)[C@H]2O)c(=O)n1. The number of amides is 2. The number of esters is 1. The number of halogens is 3. The minimum Gasteiger partial charge on any atom is -0.455 e. The zero-order chi connectivity index (χ0) is 56.8. The molecule has 3 aliphatic rings. The van der Waals surface area contributed by atoms with Crippen molar-refractivity contribution in [3.63, 3.8) is 0 Å². The molecule has 6 heterocycles. The highest BCUT2D eigenvalue weighted by atomic mass is 31.2. The van der Waals surface area contributed by atoms with Gasteiger partial charge in [0.1, 0.15) is 72.8 Å². The molecule has 79 heavy (non-hydrogen) atoms. The van der Waals surface area contributed by atoms with Gasteiger partial charge in [0, 0.05) is 44.4 Å². The van der Waals surface area contributed by atoms with Crippen LogP contribution in [0.1, 0.15) is 36.6 Å².